The van der Waals surface area contributed by atoms with Crippen molar-refractivity contribution in [1.82, 2.24) is 0 Å². The fourth-order valence-corrected chi connectivity index (χ4v) is 3.35. The maximum atomic E-state index is 12.7. The Morgan fingerprint density at radius 1 is 1.04 bits per heavy atom. The number of fused-ring (bicyclic) bond motifs is 1. The Bertz CT molecular complexity index is 709. The molecule has 0 aliphatic carbocycles. The molecule has 0 spiro atoms. The maximum Gasteiger partial charge on any atom is 0.227 e. The predicted octanol–water partition coefficient (Wildman–Crippen LogP) is 4.90. The molecule has 0 saturated carbocycles. The summed E-state index contributed by atoms with van der Waals surface area (Å²) in [5, 5.41) is 0. The van der Waals surface area contributed by atoms with E-state index in [4.69, 9.17) is 0 Å². The van der Waals surface area contributed by atoms with Crippen LogP contribution in [0.2, 0.25) is 0 Å². The van der Waals surface area contributed by atoms with Gasteiger partial charge < -0.3 is 4.90 Å². The molecule has 0 atom stereocenters. The second-order valence-electron chi connectivity index (χ2n) is 7.72. The van der Waals surface area contributed by atoms with E-state index in [2.05, 4.69) is 63.2 Å². The normalized spacial score (nSPS) is 14.4. The molecular weight excluding hydrogens is 294 g/mol. The van der Waals surface area contributed by atoms with Crippen LogP contribution in [0.15, 0.2) is 48.5 Å². The molecule has 2 nitrogen and oxygen atoms in total. The Kier molecular flexibility index (Phi) is 4.75. The largest absolute Gasteiger partial charge is 0.312 e. The minimum atomic E-state index is 0.172. The third kappa shape index (κ3) is 3.69. The molecule has 24 heavy (non-hydrogen) atoms. The quantitative estimate of drug-likeness (QED) is 0.787. The Balaban J connectivity index is 1.64. The van der Waals surface area contributed by atoms with Gasteiger partial charge in [-0.15, -0.1) is 0 Å². The van der Waals surface area contributed by atoms with Gasteiger partial charge in [-0.25, -0.2) is 0 Å². The van der Waals surface area contributed by atoms with Crippen LogP contribution in [-0.2, 0) is 23.1 Å². The van der Waals surface area contributed by atoms with Gasteiger partial charge >= 0.3 is 0 Å². The highest BCUT2D eigenvalue weighted by Crippen LogP contribution is 2.27. The molecule has 126 valence electrons. The number of benzene rings is 2. The predicted molar refractivity (Wildman–Crippen MR) is 101 cm³/mol. The van der Waals surface area contributed by atoms with Gasteiger partial charge in [0.15, 0.2) is 0 Å². The molecule has 1 aliphatic rings. The molecule has 2 heteroatoms. The number of para-hydroxylation sites is 1. The van der Waals surface area contributed by atoms with Crippen molar-refractivity contribution in [2.45, 2.75) is 51.9 Å². The van der Waals surface area contributed by atoms with Crippen LogP contribution in [0.25, 0.3) is 0 Å². The summed E-state index contributed by atoms with van der Waals surface area (Å²) in [6, 6.07) is 17.0. The molecular formula is C22H27NO. The average Bonchev–Trinajstić information content (AvgIpc) is 2.59. The van der Waals surface area contributed by atoms with Gasteiger partial charge in [0, 0.05) is 18.7 Å². The van der Waals surface area contributed by atoms with Crippen molar-refractivity contribution >= 4 is 11.6 Å². The highest BCUT2D eigenvalue weighted by atomic mass is 16.2. The monoisotopic (exact) mass is 321 g/mol. The molecule has 2 aromatic rings. The van der Waals surface area contributed by atoms with Crippen LogP contribution in [0.5, 0.6) is 0 Å². The van der Waals surface area contributed by atoms with Crippen LogP contribution < -0.4 is 4.90 Å². The third-order valence-corrected chi connectivity index (χ3v) is 4.86. The average molecular weight is 321 g/mol. The number of aryl methyl sites for hydroxylation is 2. The summed E-state index contributed by atoms with van der Waals surface area (Å²) >= 11 is 0. The number of hydrogen-bond acceptors (Lipinski definition) is 1. The van der Waals surface area contributed by atoms with Crippen molar-refractivity contribution in [1.29, 1.82) is 0 Å². The number of nitrogens with zero attached hydrogens (tertiary/aromatic N) is 1. The Morgan fingerprint density at radius 2 is 1.75 bits per heavy atom. The smallest absolute Gasteiger partial charge is 0.227 e. The zero-order valence-electron chi connectivity index (χ0n) is 15.0. The number of rotatable bonds is 3. The van der Waals surface area contributed by atoms with E-state index < -0.39 is 0 Å². The van der Waals surface area contributed by atoms with E-state index in [0.29, 0.717) is 6.42 Å². The number of anilines is 1. The van der Waals surface area contributed by atoms with E-state index in [9.17, 15) is 4.79 Å². The third-order valence-electron chi connectivity index (χ3n) is 4.86. The van der Waals surface area contributed by atoms with Gasteiger partial charge in [-0.1, -0.05) is 63.2 Å². The first-order valence-corrected chi connectivity index (χ1v) is 8.93. The molecule has 0 bridgehead atoms. The SMILES string of the molecule is CC(C)(C)c1ccc(CCC(=O)N2CCCc3ccccc32)cc1. The number of carbonyl (C=O) groups excluding carboxylic acids is 1. The van der Waals surface area contributed by atoms with Gasteiger partial charge in [0.1, 0.15) is 0 Å². The molecule has 1 amide bonds. The fraction of sp³-hybridized carbons (Fsp3) is 0.409. The summed E-state index contributed by atoms with van der Waals surface area (Å²) in [5.41, 5.74) is 5.15. The van der Waals surface area contributed by atoms with Gasteiger partial charge in [-0.05, 0) is 47.4 Å². The lowest BCUT2D eigenvalue weighted by atomic mass is 9.86. The summed E-state index contributed by atoms with van der Waals surface area (Å²) in [5.74, 6) is 0.238. The minimum absolute atomic E-state index is 0.172. The topological polar surface area (TPSA) is 20.3 Å². The van der Waals surface area contributed by atoms with Crippen molar-refractivity contribution in [3.63, 3.8) is 0 Å². The van der Waals surface area contributed by atoms with Crippen molar-refractivity contribution < 1.29 is 4.79 Å². The zero-order valence-corrected chi connectivity index (χ0v) is 15.0. The van der Waals surface area contributed by atoms with Gasteiger partial charge in [-0.2, -0.15) is 0 Å². The van der Waals surface area contributed by atoms with E-state index in [1.165, 1.54) is 16.7 Å². The van der Waals surface area contributed by atoms with Gasteiger partial charge in [0.05, 0.1) is 0 Å². The van der Waals surface area contributed by atoms with Crippen molar-refractivity contribution in [2.75, 3.05) is 11.4 Å². The van der Waals surface area contributed by atoms with Gasteiger partial charge in [0.2, 0.25) is 5.91 Å². The molecule has 3 rings (SSSR count). The van der Waals surface area contributed by atoms with E-state index in [0.717, 1.165) is 31.5 Å². The van der Waals surface area contributed by atoms with Crippen molar-refractivity contribution in [3.8, 4) is 0 Å². The maximum absolute atomic E-state index is 12.7. The molecule has 1 heterocycles. The molecule has 0 aromatic heterocycles. The van der Waals surface area contributed by atoms with Crippen LogP contribution in [0.4, 0.5) is 5.69 Å². The van der Waals surface area contributed by atoms with Crippen LogP contribution in [0.3, 0.4) is 0 Å². The first-order valence-electron chi connectivity index (χ1n) is 8.93. The summed E-state index contributed by atoms with van der Waals surface area (Å²) in [6.45, 7) is 7.51. The molecule has 0 saturated heterocycles. The van der Waals surface area contributed by atoms with E-state index in [1.54, 1.807) is 0 Å². The van der Waals surface area contributed by atoms with Crippen LogP contribution in [-0.4, -0.2) is 12.5 Å². The molecule has 0 unspecified atom stereocenters. The summed E-state index contributed by atoms with van der Waals surface area (Å²) < 4.78 is 0. The fourth-order valence-electron chi connectivity index (χ4n) is 3.35. The second kappa shape index (κ2) is 6.80. The van der Waals surface area contributed by atoms with E-state index in [-0.39, 0.29) is 11.3 Å². The van der Waals surface area contributed by atoms with Gasteiger partial charge in [0.25, 0.3) is 0 Å². The standard InChI is InChI=1S/C22H27NO/c1-22(2,3)19-13-10-17(11-14-19)12-15-21(24)23-16-6-8-18-7-4-5-9-20(18)23/h4-5,7,9-11,13-14H,6,8,12,15-16H2,1-3H3. The van der Waals surface area contributed by atoms with Crippen LogP contribution in [0, 0.1) is 0 Å². The lowest BCUT2D eigenvalue weighted by Gasteiger charge is -2.29. The minimum Gasteiger partial charge on any atom is -0.312 e. The van der Waals surface area contributed by atoms with Gasteiger partial charge in [-0.3, -0.25) is 4.79 Å². The van der Waals surface area contributed by atoms with E-state index in [1.807, 2.05) is 11.0 Å². The molecule has 0 N–H and O–H groups in total. The number of amides is 1. The molecule has 0 radical (unpaired) electrons. The summed E-state index contributed by atoms with van der Waals surface area (Å²) in [4.78, 5) is 14.7. The van der Waals surface area contributed by atoms with Crippen molar-refractivity contribution in [3.05, 3.63) is 65.2 Å². The molecule has 0 fully saturated rings. The zero-order chi connectivity index (χ0) is 17.2. The highest BCUT2D eigenvalue weighted by molar-refractivity contribution is 5.94. The Hall–Kier alpha value is -2.09. The lowest BCUT2D eigenvalue weighted by Crippen LogP contribution is -2.35. The first-order chi connectivity index (χ1) is 11.4. The summed E-state index contributed by atoms with van der Waals surface area (Å²) in [6.07, 6.45) is 3.52. The van der Waals surface area contributed by atoms with E-state index >= 15 is 0 Å². The lowest BCUT2D eigenvalue weighted by molar-refractivity contribution is -0.118. The first kappa shape index (κ1) is 16.8. The van der Waals surface area contributed by atoms with Crippen molar-refractivity contribution in [2.24, 2.45) is 0 Å². The van der Waals surface area contributed by atoms with Crippen LogP contribution in [0.1, 0.15) is 50.3 Å². The van der Waals surface area contributed by atoms with Crippen LogP contribution >= 0.6 is 0 Å². The number of carbonyl (C=O) groups is 1. The highest BCUT2D eigenvalue weighted by Gasteiger charge is 2.21. The Morgan fingerprint density at radius 3 is 2.46 bits per heavy atom. The Labute approximate surface area is 145 Å². The number of hydrogen-bond donors (Lipinski definition) is 0. The summed E-state index contributed by atoms with van der Waals surface area (Å²) in [7, 11) is 0. The second-order valence-corrected chi connectivity index (χ2v) is 7.72. The molecule has 1 aliphatic heterocycles. The molecule has 2 aromatic carbocycles.